The molecule has 2 saturated heterocycles. The average Bonchev–Trinajstić information content (AvgIpc) is 3.54. The Labute approximate surface area is 214 Å². The zero-order valence-corrected chi connectivity index (χ0v) is 20.8. The predicted octanol–water partition coefficient (Wildman–Crippen LogP) is 2.26. The number of piperidine rings is 2. The Morgan fingerprint density at radius 2 is 1.97 bits per heavy atom. The third-order valence-corrected chi connectivity index (χ3v) is 8.64. The molecule has 2 aromatic carbocycles. The van der Waals surface area contributed by atoms with Gasteiger partial charge in [-0.3, -0.25) is 29.3 Å². The number of imide groups is 1. The summed E-state index contributed by atoms with van der Waals surface area (Å²) < 4.78 is 8.16. The first-order valence-electron chi connectivity index (χ1n) is 13.0. The summed E-state index contributed by atoms with van der Waals surface area (Å²) in [4.78, 5) is 41.3. The summed E-state index contributed by atoms with van der Waals surface area (Å²) in [5, 5.41) is 8.07. The van der Waals surface area contributed by atoms with Gasteiger partial charge in [0.15, 0.2) is 0 Å². The van der Waals surface area contributed by atoms with Crippen molar-refractivity contribution in [3.05, 3.63) is 58.8 Å². The molecule has 7 rings (SSSR count). The van der Waals surface area contributed by atoms with Crippen molar-refractivity contribution in [1.29, 1.82) is 0 Å². The smallest absolute Gasteiger partial charge is 0.255 e. The molecular weight excluding hydrogens is 470 g/mol. The number of ether oxygens (including phenoxy) is 1. The minimum Gasteiger partial charge on any atom is -0.492 e. The summed E-state index contributed by atoms with van der Waals surface area (Å²) in [6, 6.07) is 9.88. The van der Waals surface area contributed by atoms with E-state index in [1.54, 1.807) is 4.90 Å². The summed E-state index contributed by atoms with van der Waals surface area (Å²) in [5.41, 5.74) is 4.95. The molecule has 3 amide bonds. The van der Waals surface area contributed by atoms with Gasteiger partial charge in [-0.15, -0.1) is 0 Å². The van der Waals surface area contributed by atoms with Gasteiger partial charge in [0.05, 0.1) is 18.7 Å². The lowest BCUT2D eigenvalue weighted by Crippen LogP contribution is -2.52. The maximum atomic E-state index is 13.2. The number of benzene rings is 2. The van der Waals surface area contributed by atoms with E-state index in [-0.39, 0.29) is 29.6 Å². The Kier molecular flexibility index (Phi) is 4.95. The number of aromatic nitrogens is 2. The largest absolute Gasteiger partial charge is 0.492 e. The highest BCUT2D eigenvalue weighted by Gasteiger charge is 2.47. The lowest BCUT2D eigenvalue weighted by Gasteiger charge is -2.38. The molecule has 3 aromatic rings. The van der Waals surface area contributed by atoms with Crippen LogP contribution in [0.25, 0.3) is 10.9 Å². The fourth-order valence-corrected chi connectivity index (χ4v) is 6.58. The van der Waals surface area contributed by atoms with Crippen molar-refractivity contribution in [2.75, 3.05) is 19.7 Å². The molecule has 0 saturated carbocycles. The Morgan fingerprint density at radius 3 is 2.78 bits per heavy atom. The SMILES string of the molecule is Cn1cc2ccc(CN3CCC4(CC3)COc3c4ccc4c3CN([C@H]3CCC(=O)NC3=O)C4=O)cc2n1. The van der Waals surface area contributed by atoms with Gasteiger partial charge in [-0.2, -0.15) is 5.10 Å². The number of carbonyl (C=O) groups excluding carboxylic acids is 3. The first kappa shape index (κ1) is 22.5. The Bertz CT molecular complexity index is 1470. The van der Waals surface area contributed by atoms with Crippen molar-refractivity contribution in [1.82, 2.24) is 24.9 Å². The van der Waals surface area contributed by atoms with Gasteiger partial charge in [0.2, 0.25) is 11.8 Å². The summed E-state index contributed by atoms with van der Waals surface area (Å²) in [6.07, 6.45) is 4.64. The summed E-state index contributed by atoms with van der Waals surface area (Å²) in [5.74, 6) is 0.00690. The molecule has 0 aliphatic carbocycles. The third-order valence-electron chi connectivity index (χ3n) is 8.64. The quantitative estimate of drug-likeness (QED) is 0.556. The number of aryl methyl sites for hydroxylation is 1. The van der Waals surface area contributed by atoms with Crippen LogP contribution >= 0.6 is 0 Å². The van der Waals surface area contributed by atoms with Crippen molar-refractivity contribution in [3.8, 4) is 5.75 Å². The lowest BCUT2D eigenvalue weighted by molar-refractivity contribution is -0.136. The zero-order chi connectivity index (χ0) is 25.3. The molecule has 9 nitrogen and oxygen atoms in total. The average molecular weight is 500 g/mol. The molecule has 37 heavy (non-hydrogen) atoms. The van der Waals surface area contributed by atoms with Crippen LogP contribution in [-0.2, 0) is 35.1 Å². The molecule has 0 radical (unpaired) electrons. The second kappa shape index (κ2) is 8.14. The Hall–Kier alpha value is -3.72. The van der Waals surface area contributed by atoms with Gasteiger partial charge in [0.1, 0.15) is 11.8 Å². The van der Waals surface area contributed by atoms with Crippen LogP contribution in [0.5, 0.6) is 5.75 Å². The lowest BCUT2D eigenvalue weighted by atomic mass is 9.74. The van der Waals surface area contributed by atoms with E-state index in [4.69, 9.17) is 4.74 Å². The van der Waals surface area contributed by atoms with E-state index in [9.17, 15) is 14.4 Å². The van der Waals surface area contributed by atoms with E-state index < -0.39 is 6.04 Å². The predicted molar refractivity (Wildman–Crippen MR) is 135 cm³/mol. The number of likely N-dealkylation sites (tertiary alicyclic amines) is 1. The number of rotatable bonds is 3. The van der Waals surface area contributed by atoms with Crippen LogP contribution in [0, 0.1) is 0 Å². The van der Waals surface area contributed by atoms with E-state index in [2.05, 4.69) is 39.6 Å². The van der Waals surface area contributed by atoms with E-state index in [1.165, 1.54) is 11.1 Å². The van der Waals surface area contributed by atoms with Crippen molar-refractivity contribution in [2.24, 2.45) is 7.05 Å². The maximum Gasteiger partial charge on any atom is 0.255 e. The minimum absolute atomic E-state index is 0.0447. The molecule has 0 bridgehead atoms. The Morgan fingerprint density at radius 1 is 1.14 bits per heavy atom. The highest BCUT2D eigenvalue weighted by atomic mass is 16.5. The standard InChI is InChI=1S/C28H29N5O4/c1-31-14-18-3-2-17(12-22(18)30-31)13-32-10-8-28(9-11-32)16-37-25-20-15-33(23-6-7-24(34)29-26(23)35)27(36)19(20)4-5-21(25)28/h2-5,12,14,23H,6-11,13,15-16H2,1H3,(H,29,34,35)/t23-/m0/s1. The van der Waals surface area contributed by atoms with Gasteiger partial charge < -0.3 is 9.64 Å². The molecule has 190 valence electrons. The molecule has 0 unspecified atom stereocenters. The van der Waals surface area contributed by atoms with Gasteiger partial charge in [0.25, 0.3) is 5.91 Å². The fraction of sp³-hybridized carbons (Fsp3) is 0.429. The normalized spacial score (nSPS) is 22.9. The van der Waals surface area contributed by atoms with Gasteiger partial charge in [0, 0.05) is 53.7 Å². The molecule has 1 aromatic heterocycles. The number of hydrogen-bond acceptors (Lipinski definition) is 6. The summed E-state index contributed by atoms with van der Waals surface area (Å²) in [7, 11) is 1.95. The molecular formula is C28H29N5O4. The van der Waals surface area contributed by atoms with Crippen LogP contribution in [-0.4, -0.2) is 63.0 Å². The number of carbonyl (C=O) groups is 3. The van der Waals surface area contributed by atoms with Gasteiger partial charge in [-0.05, 0) is 50.0 Å². The maximum absolute atomic E-state index is 13.2. The first-order chi connectivity index (χ1) is 17.9. The molecule has 1 atom stereocenters. The van der Waals surface area contributed by atoms with Crippen LogP contribution < -0.4 is 10.1 Å². The van der Waals surface area contributed by atoms with Crippen LogP contribution in [0.2, 0.25) is 0 Å². The number of fused-ring (bicyclic) bond motifs is 5. The van der Waals surface area contributed by atoms with Crippen LogP contribution in [0.3, 0.4) is 0 Å². The summed E-state index contributed by atoms with van der Waals surface area (Å²) in [6.45, 7) is 3.82. The highest BCUT2D eigenvalue weighted by molar-refractivity contribution is 6.05. The molecule has 9 heteroatoms. The topological polar surface area (TPSA) is 96.8 Å². The van der Waals surface area contributed by atoms with Gasteiger partial charge in [-0.1, -0.05) is 18.2 Å². The summed E-state index contributed by atoms with van der Waals surface area (Å²) >= 11 is 0. The molecule has 1 spiro atoms. The van der Waals surface area contributed by atoms with Crippen molar-refractivity contribution in [2.45, 2.75) is 50.2 Å². The zero-order valence-electron chi connectivity index (χ0n) is 20.8. The van der Waals surface area contributed by atoms with Gasteiger partial charge in [-0.25, -0.2) is 0 Å². The number of hydrogen-bond donors (Lipinski definition) is 1. The highest BCUT2D eigenvalue weighted by Crippen LogP contribution is 2.49. The van der Waals surface area contributed by atoms with Crippen molar-refractivity contribution >= 4 is 28.6 Å². The number of nitrogens with one attached hydrogen (secondary N) is 1. The third kappa shape index (κ3) is 3.55. The van der Waals surface area contributed by atoms with Crippen molar-refractivity contribution < 1.29 is 19.1 Å². The first-order valence-corrected chi connectivity index (χ1v) is 13.0. The molecule has 1 N–H and O–H groups in total. The number of amides is 3. The van der Waals surface area contributed by atoms with Crippen LogP contribution in [0.4, 0.5) is 0 Å². The molecule has 4 aliphatic rings. The van der Waals surface area contributed by atoms with Gasteiger partial charge >= 0.3 is 0 Å². The second-order valence-electron chi connectivity index (χ2n) is 10.9. The number of nitrogens with zero attached hydrogens (tertiary/aromatic N) is 4. The molecule has 4 aliphatic heterocycles. The fourth-order valence-electron chi connectivity index (χ4n) is 6.58. The monoisotopic (exact) mass is 499 g/mol. The molecule has 2 fully saturated rings. The van der Waals surface area contributed by atoms with Crippen LogP contribution in [0.15, 0.2) is 36.5 Å². The minimum atomic E-state index is -0.614. The molecule has 5 heterocycles. The van der Waals surface area contributed by atoms with E-state index in [1.807, 2.05) is 24.0 Å². The Balaban J connectivity index is 1.07. The van der Waals surface area contributed by atoms with Crippen molar-refractivity contribution in [3.63, 3.8) is 0 Å². The van der Waals surface area contributed by atoms with E-state index in [0.29, 0.717) is 25.1 Å². The van der Waals surface area contributed by atoms with E-state index >= 15 is 0 Å². The second-order valence-corrected chi connectivity index (χ2v) is 10.9. The van der Waals surface area contributed by atoms with Crippen LogP contribution in [0.1, 0.15) is 52.7 Å². The van der Waals surface area contributed by atoms with E-state index in [0.717, 1.165) is 54.7 Å².